The topological polar surface area (TPSA) is 53.3 Å². The molecule has 1 aromatic rings. The molecule has 134 valence electrons. The van der Waals surface area contributed by atoms with Gasteiger partial charge in [-0.2, -0.15) is 5.10 Å². The number of nitrogens with zero attached hydrogens (tertiary/aromatic N) is 2. The van der Waals surface area contributed by atoms with Crippen molar-refractivity contribution in [3.63, 3.8) is 0 Å². The quantitative estimate of drug-likeness (QED) is 0.426. The predicted molar refractivity (Wildman–Crippen MR) is 96.1 cm³/mol. The van der Waals surface area contributed by atoms with E-state index < -0.39 is 8.07 Å². The first-order valence-corrected chi connectivity index (χ1v) is 12.8. The Labute approximate surface area is 145 Å². The third-order valence-corrected chi connectivity index (χ3v) is 6.96. The molecule has 6 heteroatoms. The van der Waals surface area contributed by atoms with Crippen LogP contribution in [0.1, 0.15) is 54.4 Å². The first-order chi connectivity index (χ1) is 11.2. The lowest BCUT2D eigenvalue weighted by Gasteiger charge is -2.50. The first kappa shape index (κ1) is 17.7. The molecule has 0 unspecified atom stereocenters. The predicted octanol–water partition coefficient (Wildman–Crippen LogP) is 3.81. The number of ether oxygens (including phenoxy) is 2. The molecule has 2 bridgehead atoms. The zero-order chi connectivity index (χ0) is 17.5. The number of rotatable bonds is 7. The number of hydrogen-bond acceptors (Lipinski definition) is 4. The van der Waals surface area contributed by atoms with Crippen LogP contribution in [0, 0.1) is 5.41 Å². The first-order valence-electron chi connectivity index (χ1n) is 9.07. The number of carbonyl (C=O) groups excluding carboxylic acids is 1. The third-order valence-electron chi connectivity index (χ3n) is 5.26. The van der Waals surface area contributed by atoms with Crippen LogP contribution < -0.4 is 0 Å². The molecule has 1 aromatic heterocycles. The van der Waals surface area contributed by atoms with Gasteiger partial charge in [0.1, 0.15) is 6.73 Å². The summed E-state index contributed by atoms with van der Waals surface area (Å²) in [7, 11) is -1.09. The number of aromatic nitrogens is 2. The molecular weight excluding hydrogens is 320 g/mol. The van der Waals surface area contributed by atoms with Gasteiger partial charge in [-0.15, -0.1) is 0 Å². The molecule has 0 spiro atoms. The van der Waals surface area contributed by atoms with Crippen molar-refractivity contribution in [1.82, 2.24) is 9.78 Å². The SMILES string of the molecule is CCOC(=O)c1nn(COCC[Si](C)(C)C)c2c1C1CC(C)(C2)C1. The van der Waals surface area contributed by atoms with Crippen LogP contribution in [0.25, 0.3) is 0 Å². The summed E-state index contributed by atoms with van der Waals surface area (Å²) in [4.78, 5) is 12.3. The van der Waals surface area contributed by atoms with Crippen LogP contribution in [0.15, 0.2) is 0 Å². The lowest BCUT2D eigenvalue weighted by atomic mass is 9.54. The Kier molecular flexibility index (Phi) is 4.64. The number of carbonyl (C=O) groups is 1. The van der Waals surface area contributed by atoms with E-state index in [1.165, 1.54) is 5.69 Å². The highest BCUT2D eigenvalue weighted by Gasteiger charge is 2.50. The van der Waals surface area contributed by atoms with Crippen molar-refractivity contribution in [2.45, 2.75) is 71.4 Å². The molecule has 1 fully saturated rings. The smallest absolute Gasteiger partial charge is 0.359 e. The maximum atomic E-state index is 12.3. The molecule has 0 N–H and O–H groups in total. The highest BCUT2D eigenvalue weighted by atomic mass is 28.3. The molecule has 0 aliphatic heterocycles. The maximum absolute atomic E-state index is 12.3. The Bertz CT molecular complexity index is 627. The van der Waals surface area contributed by atoms with Gasteiger partial charge >= 0.3 is 5.97 Å². The van der Waals surface area contributed by atoms with Crippen molar-refractivity contribution in [3.05, 3.63) is 17.0 Å². The second-order valence-electron chi connectivity index (χ2n) is 8.87. The highest BCUT2D eigenvalue weighted by Crippen LogP contribution is 2.58. The van der Waals surface area contributed by atoms with E-state index in [4.69, 9.17) is 9.47 Å². The van der Waals surface area contributed by atoms with Gasteiger partial charge in [-0.05, 0) is 43.6 Å². The third kappa shape index (κ3) is 3.45. The highest BCUT2D eigenvalue weighted by molar-refractivity contribution is 6.76. The number of esters is 1. The molecule has 3 aliphatic rings. The van der Waals surface area contributed by atoms with E-state index in [-0.39, 0.29) is 5.97 Å². The molecule has 1 saturated carbocycles. The fourth-order valence-electron chi connectivity index (χ4n) is 4.00. The standard InChI is InChI=1S/C18H30N2O3Si/c1-6-23-17(21)16-15-13-9-18(2,10-13)11-14(15)20(19-16)12-22-7-8-24(3,4)5/h13H,6-12H2,1-5H3. The Balaban J connectivity index is 1.77. The van der Waals surface area contributed by atoms with Crippen LogP contribution in [0.3, 0.4) is 0 Å². The fraction of sp³-hybridized carbons (Fsp3) is 0.778. The van der Waals surface area contributed by atoms with Gasteiger partial charge in [-0.25, -0.2) is 9.48 Å². The molecule has 24 heavy (non-hydrogen) atoms. The Morgan fingerprint density at radius 1 is 1.38 bits per heavy atom. The summed E-state index contributed by atoms with van der Waals surface area (Å²) in [5, 5.41) is 4.58. The van der Waals surface area contributed by atoms with Crippen molar-refractivity contribution >= 4 is 14.0 Å². The molecule has 0 amide bonds. The Morgan fingerprint density at radius 2 is 2.08 bits per heavy atom. The van der Waals surface area contributed by atoms with Gasteiger partial charge in [-0.1, -0.05) is 26.6 Å². The average molecular weight is 351 g/mol. The molecule has 5 nitrogen and oxygen atoms in total. The van der Waals surface area contributed by atoms with E-state index in [0.29, 0.717) is 30.4 Å². The van der Waals surface area contributed by atoms with E-state index in [1.807, 2.05) is 11.6 Å². The van der Waals surface area contributed by atoms with Crippen LogP contribution in [-0.4, -0.2) is 37.0 Å². The van der Waals surface area contributed by atoms with Crippen molar-refractivity contribution in [2.75, 3.05) is 13.2 Å². The van der Waals surface area contributed by atoms with Crippen LogP contribution in [-0.2, 0) is 22.6 Å². The van der Waals surface area contributed by atoms with Crippen LogP contribution in [0.2, 0.25) is 25.7 Å². The zero-order valence-electron chi connectivity index (χ0n) is 15.6. The summed E-state index contributed by atoms with van der Waals surface area (Å²) < 4.78 is 13.0. The minimum absolute atomic E-state index is 0.287. The van der Waals surface area contributed by atoms with Crippen molar-refractivity contribution in [2.24, 2.45) is 5.41 Å². The van der Waals surface area contributed by atoms with Crippen LogP contribution in [0.5, 0.6) is 0 Å². The van der Waals surface area contributed by atoms with E-state index in [2.05, 4.69) is 31.7 Å². The van der Waals surface area contributed by atoms with Crippen molar-refractivity contribution < 1.29 is 14.3 Å². The van der Waals surface area contributed by atoms with Gasteiger partial charge in [0, 0.05) is 25.9 Å². The normalized spacial score (nSPS) is 25.1. The summed E-state index contributed by atoms with van der Waals surface area (Å²) in [6, 6.07) is 1.14. The second kappa shape index (κ2) is 6.30. The average Bonchev–Trinajstić information content (AvgIpc) is 2.81. The fourth-order valence-corrected chi connectivity index (χ4v) is 4.75. The summed E-state index contributed by atoms with van der Waals surface area (Å²) in [6.45, 7) is 12.8. The van der Waals surface area contributed by atoms with Gasteiger partial charge in [0.15, 0.2) is 5.69 Å². The van der Waals surface area contributed by atoms with Crippen LogP contribution in [0.4, 0.5) is 0 Å². The second-order valence-corrected chi connectivity index (χ2v) is 14.5. The molecule has 4 rings (SSSR count). The van der Waals surface area contributed by atoms with E-state index in [1.54, 1.807) is 0 Å². The summed E-state index contributed by atoms with van der Waals surface area (Å²) in [5.41, 5.74) is 3.22. The summed E-state index contributed by atoms with van der Waals surface area (Å²) in [6.07, 6.45) is 3.31. The summed E-state index contributed by atoms with van der Waals surface area (Å²) >= 11 is 0. The van der Waals surface area contributed by atoms with Crippen molar-refractivity contribution in [3.8, 4) is 0 Å². The van der Waals surface area contributed by atoms with Gasteiger partial charge < -0.3 is 9.47 Å². The number of hydrogen-bond donors (Lipinski definition) is 0. The minimum atomic E-state index is -1.09. The van der Waals surface area contributed by atoms with E-state index in [0.717, 1.165) is 37.5 Å². The van der Waals surface area contributed by atoms with Gasteiger partial charge in [0.05, 0.1) is 6.61 Å². The molecular formula is C18H30N2O3Si. The molecule has 0 atom stereocenters. The minimum Gasteiger partial charge on any atom is -0.461 e. The lowest BCUT2D eigenvalue weighted by molar-refractivity contribution is 0.0506. The lowest BCUT2D eigenvalue weighted by Crippen LogP contribution is -2.41. The van der Waals surface area contributed by atoms with Gasteiger partial charge in [0.2, 0.25) is 0 Å². The van der Waals surface area contributed by atoms with Gasteiger partial charge in [-0.3, -0.25) is 0 Å². The molecule has 3 aliphatic carbocycles. The van der Waals surface area contributed by atoms with Crippen molar-refractivity contribution in [1.29, 1.82) is 0 Å². The van der Waals surface area contributed by atoms with E-state index in [9.17, 15) is 4.79 Å². The molecule has 0 aromatic carbocycles. The molecule has 0 radical (unpaired) electrons. The van der Waals surface area contributed by atoms with Gasteiger partial charge in [0.25, 0.3) is 0 Å². The Hall–Kier alpha value is -1.14. The summed E-state index contributed by atoms with van der Waals surface area (Å²) in [5.74, 6) is 0.180. The van der Waals surface area contributed by atoms with Crippen LogP contribution >= 0.6 is 0 Å². The Morgan fingerprint density at radius 3 is 2.71 bits per heavy atom. The molecule has 0 saturated heterocycles. The largest absolute Gasteiger partial charge is 0.461 e. The maximum Gasteiger partial charge on any atom is 0.359 e. The molecule has 1 heterocycles. The zero-order valence-corrected chi connectivity index (χ0v) is 16.6. The van der Waals surface area contributed by atoms with E-state index >= 15 is 0 Å². The monoisotopic (exact) mass is 350 g/mol.